The third-order valence-corrected chi connectivity index (χ3v) is 6.85. The zero-order valence-electron chi connectivity index (χ0n) is 22.4. The van der Waals surface area contributed by atoms with Crippen LogP contribution in [0.25, 0.3) is 23.1 Å². The highest BCUT2D eigenvalue weighted by atomic mass is 16.5. The third kappa shape index (κ3) is 7.22. The highest BCUT2D eigenvalue weighted by molar-refractivity contribution is 5.96. The molecule has 40 heavy (non-hydrogen) atoms. The zero-order valence-corrected chi connectivity index (χ0v) is 22.4. The number of ether oxygens (including phenoxy) is 1. The van der Waals surface area contributed by atoms with E-state index in [-0.39, 0.29) is 6.42 Å². The van der Waals surface area contributed by atoms with E-state index in [1.54, 1.807) is 0 Å². The number of aryl methyl sites for hydroxylation is 3. The molecule has 2 aromatic heterocycles. The van der Waals surface area contributed by atoms with Gasteiger partial charge in [-0.2, -0.15) is 5.21 Å². The number of unbranched alkanes of at least 4 members (excludes halogenated alkanes) is 1. The Balaban J connectivity index is 1.22. The maximum atomic E-state index is 11.6. The van der Waals surface area contributed by atoms with Gasteiger partial charge in [0.1, 0.15) is 5.75 Å². The lowest BCUT2D eigenvalue weighted by Crippen LogP contribution is -2.01. The van der Waals surface area contributed by atoms with Crippen LogP contribution in [0.5, 0.6) is 5.75 Å². The summed E-state index contributed by atoms with van der Waals surface area (Å²) in [6.07, 6.45) is 10.7. The molecular weight excluding hydrogens is 502 g/mol. The normalized spacial score (nSPS) is 11.4. The second kappa shape index (κ2) is 13.4. The van der Waals surface area contributed by atoms with Crippen LogP contribution in [0.4, 0.5) is 0 Å². The van der Waals surface area contributed by atoms with Crippen molar-refractivity contribution in [3.63, 3.8) is 0 Å². The predicted molar refractivity (Wildman–Crippen MR) is 156 cm³/mol. The van der Waals surface area contributed by atoms with Crippen LogP contribution in [-0.4, -0.2) is 42.9 Å². The van der Waals surface area contributed by atoms with Crippen molar-refractivity contribution < 1.29 is 14.6 Å². The molecule has 0 spiro atoms. The van der Waals surface area contributed by atoms with Crippen LogP contribution in [0.2, 0.25) is 0 Å². The first-order chi connectivity index (χ1) is 19.7. The fraction of sp³-hybridized carbons (Fsp3) is 0.250. The molecule has 0 bridgehead atoms. The lowest BCUT2D eigenvalue weighted by atomic mass is 10.0. The van der Waals surface area contributed by atoms with Gasteiger partial charge in [0.2, 0.25) is 0 Å². The Morgan fingerprint density at radius 2 is 1.77 bits per heavy atom. The summed E-state index contributed by atoms with van der Waals surface area (Å²) in [6, 6.07) is 24.7. The van der Waals surface area contributed by atoms with Crippen molar-refractivity contribution in [2.45, 2.75) is 45.1 Å². The Hall–Kier alpha value is -4.72. The monoisotopic (exact) mass is 535 g/mol. The molecule has 0 aliphatic heterocycles. The third-order valence-electron chi connectivity index (χ3n) is 6.85. The van der Waals surface area contributed by atoms with Gasteiger partial charge in [-0.15, -0.1) is 10.2 Å². The van der Waals surface area contributed by atoms with Crippen LogP contribution in [0.1, 0.15) is 47.3 Å². The number of tetrazole rings is 1. The van der Waals surface area contributed by atoms with E-state index in [0.717, 1.165) is 65.6 Å². The SMILES string of the molecule is O=C(O)Cc1cn(CCCc2nn[nH]n2)c2cccc(/C=C/c3ccc(OCCCCc4ccccc4)cc3)c12. The van der Waals surface area contributed by atoms with Gasteiger partial charge in [-0.1, -0.05) is 72.0 Å². The maximum Gasteiger partial charge on any atom is 0.307 e. The van der Waals surface area contributed by atoms with E-state index in [1.807, 2.05) is 54.7 Å². The Bertz CT molecular complexity index is 1540. The standard InChI is InChI=1S/C32H33N5O3/c38-31(39)22-27-23-37(20-7-13-30-33-35-36-34-30)29-12-6-11-26(32(27)29)17-14-25-15-18-28(19-16-25)40-21-5-4-10-24-8-2-1-3-9-24/h1-3,6,8-9,11-12,14-19,23H,4-5,7,10,13,20-22H2,(H,38,39)(H,33,34,35,36)/b17-14+. The molecule has 0 saturated heterocycles. The smallest absolute Gasteiger partial charge is 0.307 e. The van der Waals surface area contributed by atoms with Gasteiger partial charge < -0.3 is 14.4 Å². The molecule has 0 saturated carbocycles. The molecule has 0 atom stereocenters. The fourth-order valence-corrected chi connectivity index (χ4v) is 4.91. The highest BCUT2D eigenvalue weighted by Gasteiger charge is 2.14. The lowest BCUT2D eigenvalue weighted by molar-refractivity contribution is -0.136. The topological polar surface area (TPSA) is 106 Å². The molecule has 5 rings (SSSR count). The minimum absolute atomic E-state index is 0.0312. The first-order valence-corrected chi connectivity index (χ1v) is 13.7. The van der Waals surface area contributed by atoms with Crippen LogP contribution < -0.4 is 4.74 Å². The molecule has 0 aliphatic rings. The van der Waals surface area contributed by atoms with E-state index in [2.05, 4.69) is 61.6 Å². The fourth-order valence-electron chi connectivity index (χ4n) is 4.91. The molecule has 8 heteroatoms. The lowest BCUT2D eigenvalue weighted by Gasteiger charge is -2.07. The largest absolute Gasteiger partial charge is 0.494 e. The highest BCUT2D eigenvalue weighted by Crippen LogP contribution is 2.28. The number of benzene rings is 3. The predicted octanol–water partition coefficient (Wildman–Crippen LogP) is 5.99. The summed E-state index contributed by atoms with van der Waals surface area (Å²) in [6.45, 7) is 1.42. The van der Waals surface area contributed by atoms with Gasteiger partial charge >= 0.3 is 5.97 Å². The van der Waals surface area contributed by atoms with E-state index in [0.29, 0.717) is 18.9 Å². The van der Waals surface area contributed by atoms with Crippen molar-refractivity contribution in [3.05, 3.63) is 107 Å². The molecule has 0 amide bonds. The molecule has 8 nitrogen and oxygen atoms in total. The molecule has 3 aromatic carbocycles. The number of nitrogens with one attached hydrogen (secondary N) is 1. The van der Waals surface area contributed by atoms with Gasteiger partial charge in [0.05, 0.1) is 13.0 Å². The van der Waals surface area contributed by atoms with Gasteiger partial charge in [-0.25, -0.2) is 0 Å². The van der Waals surface area contributed by atoms with E-state index in [9.17, 15) is 9.90 Å². The second-order valence-corrected chi connectivity index (χ2v) is 9.78. The summed E-state index contributed by atoms with van der Waals surface area (Å²) >= 11 is 0. The number of carboxylic acid groups (broad SMARTS) is 1. The molecule has 0 aliphatic carbocycles. The molecule has 5 aromatic rings. The Labute approximate surface area is 233 Å². The number of H-pyrrole nitrogens is 1. The summed E-state index contributed by atoms with van der Waals surface area (Å²) in [7, 11) is 0. The number of rotatable bonds is 14. The Morgan fingerprint density at radius 3 is 2.55 bits per heavy atom. The number of aliphatic carboxylic acids is 1. The van der Waals surface area contributed by atoms with Gasteiger partial charge in [0, 0.05) is 30.1 Å². The van der Waals surface area contributed by atoms with E-state index in [4.69, 9.17) is 4.74 Å². The number of aromatic nitrogens is 5. The molecule has 2 N–H and O–H groups in total. The quantitative estimate of drug-likeness (QED) is 0.134. The summed E-state index contributed by atoms with van der Waals surface area (Å²) in [4.78, 5) is 11.6. The van der Waals surface area contributed by atoms with Gasteiger partial charge in [0.25, 0.3) is 0 Å². The second-order valence-electron chi connectivity index (χ2n) is 9.78. The minimum atomic E-state index is -0.847. The van der Waals surface area contributed by atoms with Crippen molar-refractivity contribution in [3.8, 4) is 5.75 Å². The molecule has 0 unspecified atom stereocenters. The van der Waals surface area contributed by atoms with E-state index in [1.165, 1.54) is 5.56 Å². The zero-order chi connectivity index (χ0) is 27.6. The molecule has 2 heterocycles. The number of carboxylic acids is 1. The average molecular weight is 536 g/mol. The Morgan fingerprint density at radius 1 is 0.925 bits per heavy atom. The van der Waals surface area contributed by atoms with Gasteiger partial charge in [-0.05, 0) is 66.1 Å². The van der Waals surface area contributed by atoms with E-state index >= 15 is 0 Å². The van der Waals surface area contributed by atoms with Crippen LogP contribution in [-0.2, 0) is 30.6 Å². The van der Waals surface area contributed by atoms with Gasteiger partial charge in [-0.3, -0.25) is 4.79 Å². The van der Waals surface area contributed by atoms with Crippen molar-refractivity contribution >= 4 is 29.0 Å². The summed E-state index contributed by atoms with van der Waals surface area (Å²) < 4.78 is 8.06. The number of carbonyl (C=O) groups is 1. The van der Waals surface area contributed by atoms with Crippen LogP contribution >= 0.6 is 0 Å². The van der Waals surface area contributed by atoms with Crippen LogP contribution in [0.15, 0.2) is 79.0 Å². The summed E-state index contributed by atoms with van der Waals surface area (Å²) in [5, 5.41) is 24.6. The average Bonchev–Trinajstić information content (AvgIpc) is 3.61. The number of fused-ring (bicyclic) bond motifs is 1. The molecule has 204 valence electrons. The Kier molecular flexibility index (Phi) is 8.98. The maximum absolute atomic E-state index is 11.6. The number of hydrogen-bond donors (Lipinski definition) is 2. The van der Waals surface area contributed by atoms with Crippen molar-refractivity contribution in [1.29, 1.82) is 0 Å². The number of hydrogen-bond acceptors (Lipinski definition) is 5. The van der Waals surface area contributed by atoms with Crippen LogP contribution in [0.3, 0.4) is 0 Å². The first kappa shape index (κ1) is 26.9. The van der Waals surface area contributed by atoms with Crippen molar-refractivity contribution in [2.75, 3.05) is 6.61 Å². The number of aromatic amines is 1. The summed E-state index contributed by atoms with van der Waals surface area (Å²) in [5.41, 5.74) is 5.22. The summed E-state index contributed by atoms with van der Waals surface area (Å²) in [5.74, 6) is 0.686. The molecule has 0 radical (unpaired) electrons. The van der Waals surface area contributed by atoms with Crippen molar-refractivity contribution in [1.82, 2.24) is 25.2 Å². The minimum Gasteiger partial charge on any atom is -0.494 e. The first-order valence-electron chi connectivity index (χ1n) is 13.7. The molecular formula is C32H33N5O3. The van der Waals surface area contributed by atoms with Crippen molar-refractivity contribution in [2.24, 2.45) is 0 Å². The van der Waals surface area contributed by atoms with Crippen LogP contribution in [0, 0.1) is 0 Å². The number of nitrogens with zero attached hydrogens (tertiary/aromatic N) is 4. The van der Waals surface area contributed by atoms with E-state index < -0.39 is 5.97 Å². The molecule has 0 fully saturated rings. The van der Waals surface area contributed by atoms with Gasteiger partial charge in [0.15, 0.2) is 5.82 Å².